The number of anilines is 1. The van der Waals surface area contributed by atoms with Gasteiger partial charge in [0.05, 0.1) is 11.3 Å². The Kier molecular flexibility index (Phi) is 5.36. The Labute approximate surface area is 210 Å². The summed E-state index contributed by atoms with van der Waals surface area (Å²) in [6.45, 7) is 4.12. The van der Waals surface area contributed by atoms with E-state index in [1.807, 2.05) is 35.3 Å². The summed E-state index contributed by atoms with van der Waals surface area (Å²) in [7, 11) is 1.94. The van der Waals surface area contributed by atoms with Crippen LogP contribution in [0, 0.1) is 5.92 Å². The highest BCUT2D eigenvalue weighted by atomic mass is 32.1. The lowest BCUT2D eigenvalue weighted by atomic mass is 9.72. The lowest BCUT2D eigenvalue weighted by Gasteiger charge is -2.34. The summed E-state index contributed by atoms with van der Waals surface area (Å²) in [6.07, 6.45) is 8.01. The van der Waals surface area contributed by atoms with Gasteiger partial charge in [-0.25, -0.2) is 4.37 Å². The molecule has 3 aliphatic rings. The Morgan fingerprint density at radius 3 is 2.61 bits per heavy atom. The van der Waals surface area contributed by atoms with Gasteiger partial charge in [-0.1, -0.05) is 19.1 Å². The van der Waals surface area contributed by atoms with Crippen molar-refractivity contribution in [2.75, 3.05) is 4.90 Å². The number of nitrogens with zero attached hydrogens (tertiary/aromatic N) is 6. The summed E-state index contributed by atoms with van der Waals surface area (Å²) < 4.78 is 47.4. The minimum atomic E-state index is -4.47. The second kappa shape index (κ2) is 8.48. The lowest BCUT2D eigenvalue weighted by Crippen LogP contribution is -2.25. The van der Waals surface area contributed by atoms with Crippen LogP contribution in [-0.2, 0) is 7.05 Å². The summed E-state index contributed by atoms with van der Waals surface area (Å²) >= 11 is 1.36. The van der Waals surface area contributed by atoms with E-state index >= 15 is 0 Å². The van der Waals surface area contributed by atoms with Gasteiger partial charge in [0.25, 0.3) is 0 Å². The monoisotopic (exact) mass is 508 g/mol. The second-order valence-electron chi connectivity index (χ2n) is 9.29. The molecule has 1 aliphatic carbocycles. The Morgan fingerprint density at radius 2 is 1.97 bits per heavy atom. The molecule has 0 bridgehead atoms. The maximum absolute atomic E-state index is 13.7. The number of allylic oxidation sites excluding steroid dienone is 3. The zero-order valence-electron chi connectivity index (χ0n) is 19.5. The molecule has 1 fully saturated rings. The summed E-state index contributed by atoms with van der Waals surface area (Å²) in [4.78, 5) is 3.21. The van der Waals surface area contributed by atoms with E-state index in [1.54, 1.807) is 17.4 Å². The molecule has 1 aromatic carbocycles. The summed E-state index contributed by atoms with van der Waals surface area (Å²) in [6, 6.07) is 6.16. The van der Waals surface area contributed by atoms with Gasteiger partial charge in [-0.15, -0.1) is 10.2 Å². The molecule has 2 aromatic heterocycles. The molecule has 3 aromatic rings. The first kappa shape index (κ1) is 22.8. The highest BCUT2D eigenvalue weighted by Crippen LogP contribution is 2.46. The van der Waals surface area contributed by atoms with Gasteiger partial charge in [0, 0.05) is 48.2 Å². The van der Waals surface area contributed by atoms with E-state index in [-0.39, 0.29) is 11.6 Å². The van der Waals surface area contributed by atoms with Crippen LogP contribution in [-0.4, -0.2) is 30.2 Å². The minimum Gasteiger partial charge on any atom is -0.320 e. The summed E-state index contributed by atoms with van der Waals surface area (Å²) in [5.74, 6) is 1.76. The molecule has 0 radical (unpaired) electrons. The van der Waals surface area contributed by atoms with Crippen molar-refractivity contribution in [3.05, 3.63) is 95.7 Å². The van der Waals surface area contributed by atoms with E-state index in [1.165, 1.54) is 35.1 Å². The maximum Gasteiger partial charge on any atom is 0.418 e. The van der Waals surface area contributed by atoms with Crippen molar-refractivity contribution in [2.24, 2.45) is 13.0 Å². The fourth-order valence-corrected chi connectivity index (χ4v) is 5.65. The van der Waals surface area contributed by atoms with Gasteiger partial charge < -0.3 is 14.4 Å². The Morgan fingerprint density at radius 1 is 1.14 bits per heavy atom. The van der Waals surface area contributed by atoms with Crippen molar-refractivity contribution in [1.82, 2.24) is 24.0 Å². The third-order valence-electron chi connectivity index (χ3n) is 7.14. The fraction of sp³-hybridized carbons (Fsp3) is 0.269. The third kappa shape index (κ3) is 3.76. The molecule has 0 amide bonds. The van der Waals surface area contributed by atoms with E-state index in [9.17, 15) is 13.2 Å². The van der Waals surface area contributed by atoms with Crippen LogP contribution in [0.4, 0.5) is 18.9 Å². The van der Waals surface area contributed by atoms with Gasteiger partial charge in [0.2, 0.25) is 0 Å². The molecule has 0 spiro atoms. The number of hydrogen-bond donors (Lipinski definition) is 0. The van der Waals surface area contributed by atoms with E-state index in [0.717, 1.165) is 47.1 Å². The first-order valence-electron chi connectivity index (χ1n) is 11.6. The quantitative estimate of drug-likeness (QED) is 0.404. The van der Waals surface area contributed by atoms with Crippen LogP contribution < -0.4 is 4.90 Å². The normalized spacial score (nSPS) is 18.7. The number of aromatic nitrogens is 4. The first-order chi connectivity index (χ1) is 17.3. The molecule has 1 unspecified atom stereocenters. The molecule has 1 atom stereocenters. The molecule has 10 heteroatoms. The smallest absolute Gasteiger partial charge is 0.320 e. The van der Waals surface area contributed by atoms with E-state index in [4.69, 9.17) is 0 Å². The molecule has 1 saturated carbocycles. The topological polar surface area (TPSA) is 50.1 Å². The van der Waals surface area contributed by atoms with Crippen LogP contribution in [0.3, 0.4) is 0 Å². The van der Waals surface area contributed by atoms with Crippen LogP contribution in [0.15, 0.2) is 84.3 Å². The van der Waals surface area contributed by atoms with E-state index in [2.05, 4.69) is 27.2 Å². The van der Waals surface area contributed by atoms with Crippen molar-refractivity contribution in [2.45, 2.75) is 31.4 Å². The highest BCUT2D eigenvalue weighted by Gasteiger charge is 2.42. The van der Waals surface area contributed by atoms with Crippen LogP contribution in [0.1, 0.15) is 36.6 Å². The molecule has 4 heterocycles. The number of aryl methyl sites for hydroxylation is 1. The molecular weight excluding hydrogens is 485 g/mol. The number of alkyl halides is 3. The van der Waals surface area contributed by atoms with Gasteiger partial charge in [0.1, 0.15) is 18.0 Å². The number of halogens is 3. The first-order valence-corrected chi connectivity index (χ1v) is 12.5. The Bertz CT molecular complexity index is 1410. The minimum absolute atomic E-state index is 0.0215. The van der Waals surface area contributed by atoms with Crippen LogP contribution in [0.25, 0.3) is 11.1 Å². The highest BCUT2D eigenvalue weighted by molar-refractivity contribution is 7.03. The van der Waals surface area contributed by atoms with Gasteiger partial charge in [-0.2, -0.15) is 13.2 Å². The lowest BCUT2D eigenvalue weighted by molar-refractivity contribution is -0.0908. The maximum atomic E-state index is 13.7. The molecule has 6 nitrogen and oxygen atoms in total. The third-order valence-corrected chi connectivity index (χ3v) is 7.72. The zero-order valence-corrected chi connectivity index (χ0v) is 20.3. The van der Waals surface area contributed by atoms with Crippen molar-refractivity contribution in [1.29, 1.82) is 0 Å². The van der Waals surface area contributed by atoms with Crippen molar-refractivity contribution >= 4 is 17.2 Å². The Balaban J connectivity index is 1.49. The molecule has 0 saturated heterocycles. The predicted octanol–water partition coefficient (Wildman–Crippen LogP) is 6.32. The average molecular weight is 509 g/mol. The average Bonchev–Trinajstić information content (AvgIpc) is 3.56. The van der Waals surface area contributed by atoms with Gasteiger partial charge in [0.15, 0.2) is 0 Å². The van der Waals surface area contributed by atoms with Gasteiger partial charge >= 0.3 is 6.18 Å². The van der Waals surface area contributed by atoms with Gasteiger partial charge in [-0.05, 0) is 65.7 Å². The number of benzene rings is 1. The molecular formula is C26H23F3N6S. The molecule has 184 valence electrons. The molecule has 2 aliphatic heterocycles. The van der Waals surface area contributed by atoms with Crippen molar-refractivity contribution in [3.63, 3.8) is 0 Å². The Hall–Kier alpha value is -3.66. The van der Waals surface area contributed by atoms with Gasteiger partial charge in [-0.3, -0.25) is 0 Å². The van der Waals surface area contributed by atoms with Crippen LogP contribution in [0.2, 0.25) is 0 Å². The number of hydrogen-bond acceptors (Lipinski definition) is 6. The van der Waals surface area contributed by atoms with Crippen LogP contribution >= 0.6 is 11.5 Å². The van der Waals surface area contributed by atoms with E-state index < -0.39 is 11.7 Å². The summed E-state index contributed by atoms with van der Waals surface area (Å²) in [5, 5.41) is 10.5. The van der Waals surface area contributed by atoms with Crippen LogP contribution in [0.5, 0.6) is 0 Å². The molecule has 0 N–H and O–H groups in total. The predicted molar refractivity (Wildman–Crippen MR) is 133 cm³/mol. The second-order valence-corrected chi connectivity index (χ2v) is 9.94. The SMILES string of the molecule is C=C1N2C=CC=C(C(F)(F)F)C2=CN1c1cc(-c2cnsc2)cc(C(c2nncn2C)C2CCC2)c1. The molecule has 36 heavy (non-hydrogen) atoms. The summed E-state index contributed by atoms with van der Waals surface area (Å²) in [5.41, 5.74) is 3.05. The molecule has 6 rings (SSSR count). The zero-order chi connectivity index (χ0) is 25.0. The largest absolute Gasteiger partial charge is 0.418 e. The van der Waals surface area contributed by atoms with E-state index in [0.29, 0.717) is 11.7 Å². The fourth-order valence-electron chi connectivity index (χ4n) is 5.10. The van der Waals surface area contributed by atoms with Crippen molar-refractivity contribution < 1.29 is 13.2 Å². The van der Waals surface area contributed by atoms with Crippen molar-refractivity contribution in [3.8, 4) is 11.1 Å². The number of fused-ring (bicyclic) bond motifs is 1. The standard InChI is InChI=1S/C26H23F3N6S/c1-16-34-8-4-7-22(26(27,28)29)23(34)13-35(16)21-10-18(20-12-31-36-14-20)9-19(11-21)24(17-5-3-6-17)25-32-30-15-33(25)2/h4,7-15,17,24H,1,3,5-6H2,2H3. The number of rotatable bonds is 5.